The minimum absolute atomic E-state index is 0.106. The van der Waals surface area contributed by atoms with E-state index in [2.05, 4.69) is 4.98 Å². The van der Waals surface area contributed by atoms with Gasteiger partial charge in [-0.25, -0.2) is 9.78 Å². The summed E-state index contributed by atoms with van der Waals surface area (Å²) in [6.45, 7) is 1.85. The number of aromatic carboxylic acids is 1. The molecule has 82 valence electrons. The standard InChI is InChI=1S/C11H8ClNO3/c1-6-2-3-7(12)4-8(6)10-9(11(14)15)13-5-16-10/h2-5H,1H3,(H,14,15). The minimum Gasteiger partial charge on any atom is -0.476 e. The number of aryl methyl sites for hydroxylation is 1. The molecule has 1 aromatic heterocycles. The normalized spacial score (nSPS) is 10.4. The molecule has 0 spiro atoms. The minimum atomic E-state index is -1.12. The topological polar surface area (TPSA) is 63.3 Å². The Balaban J connectivity index is 2.62. The summed E-state index contributed by atoms with van der Waals surface area (Å²) in [5.41, 5.74) is 1.41. The Labute approximate surface area is 96.5 Å². The predicted molar refractivity (Wildman–Crippen MR) is 58.6 cm³/mol. The molecule has 1 aromatic carbocycles. The number of hydrogen-bond acceptors (Lipinski definition) is 3. The Bertz CT molecular complexity index is 548. The third-order valence-electron chi connectivity index (χ3n) is 2.21. The lowest BCUT2D eigenvalue weighted by Crippen LogP contribution is -1.99. The lowest BCUT2D eigenvalue weighted by molar-refractivity contribution is 0.0691. The summed E-state index contributed by atoms with van der Waals surface area (Å²) in [5, 5.41) is 9.44. The summed E-state index contributed by atoms with van der Waals surface area (Å²) in [6.07, 6.45) is 1.11. The van der Waals surface area contributed by atoms with E-state index in [1.54, 1.807) is 18.2 Å². The number of aromatic nitrogens is 1. The number of rotatable bonds is 2. The van der Waals surface area contributed by atoms with Crippen molar-refractivity contribution in [1.82, 2.24) is 4.98 Å². The fraction of sp³-hybridized carbons (Fsp3) is 0.0909. The smallest absolute Gasteiger partial charge is 0.358 e. The van der Waals surface area contributed by atoms with Crippen LogP contribution in [0.15, 0.2) is 29.0 Å². The summed E-state index contributed by atoms with van der Waals surface area (Å²) in [6, 6.07) is 5.19. The van der Waals surface area contributed by atoms with Gasteiger partial charge in [0, 0.05) is 10.6 Å². The quantitative estimate of drug-likeness (QED) is 0.872. The first kappa shape index (κ1) is 10.7. The predicted octanol–water partition coefficient (Wildman–Crippen LogP) is 3.00. The third-order valence-corrected chi connectivity index (χ3v) is 2.45. The van der Waals surface area contributed by atoms with Gasteiger partial charge in [0.2, 0.25) is 0 Å². The Kier molecular flexibility index (Phi) is 2.66. The molecule has 2 rings (SSSR count). The van der Waals surface area contributed by atoms with Gasteiger partial charge in [-0.05, 0) is 24.6 Å². The average Bonchev–Trinajstić information content (AvgIpc) is 2.70. The van der Waals surface area contributed by atoms with Crippen LogP contribution in [0.25, 0.3) is 11.3 Å². The van der Waals surface area contributed by atoms with Gasteiger partial charge in [0.1, 0.15) is 0 Å². The van der Waals surface area contributed by atoms with Gasteiger partial charge in [-0.2, -0.15) is 0 Å². The van der Waals surface area contributed by atoms with Gasteiger partial charge in [-0.1, -0.05) is 17.7 Å². The van der Waals surface area contributed by atoms with Crippen LogP contribution in [0.3, 0.4) is 0 Å². The van der Waals surface area contributed by atoms with Gasteiger partial charge in [-0.3, -0.25) is 0 Å². The molecular formula is C11H8ClNO3. The lowest BCUT2D eigenvalue weighted by Gasteiger charge is -2.03. The number of carboxylic acid groups (broad SMARTS) is 1. The first-order valence-corrected chi connectivity index (χ1v) is 4.90. The molecule has 0 unspecified atom stereocenters. The Hall–Kier alpha value is -1.81. The monoisotopic (exact) mass is 237 g/mol. The molecule has 4 nitrogen and oxygen atoms in total. The molecule has 0 saturated heterocycles. The number of benzene rings is 1. The Morgan fingerprint density at radius 3 is 2.94 bits per heavy atom. The van der Waals surface area contributed by atoms with E-state index in [4.69, 9.17) is 21.1 Å². The van der Waals surface area contributed by atoms with Gasteiger partial charge in [0.05, 0.1) is 0 Å². The highest BCUT2D eigenvalue weighted by atomic mass is 35.5. The zero-order valence-corrected chi connectivity index (χ0v) is 9.15. The van der Waals surface area contributed by atoms with Gasteiger partial charge in [0.15, 0.2) is 17.8 Å². The average molecular weight is 238 g/mol. The van der Waals surface area contributed by atoms with E-state index in [0.29, 0.717) is 10.6 Å². The van der Waals surface area contributed by atoms with Crippen LogP contribution in [0.5, 0.6) is 0 Å². The molecule has 0 saturated carbocycles. The summed E-state index contributed by atoms with van der Waals surface area (Å²) in [4.78, 5) is 14.6. The SMILES string of the molecule is Cc1ccc(Cl)cc1-c1ocnc1C(=O)O. The van der Waals surface area contributed by atoms with Gasteiger partial charge >= 0.3 is 5.97 Å². The second kappa shape index (κ2) is 3.98. The van der Waals surface area contributed by atoms with E-state index >= 15 is 0 Å². The molecule has 0 fully saturated rings. The largest absolute Gasteiger partial charge is 0.476 e. The molecule has 5 heteroatoms. The van der Waals surface area contributed by atoms with Crippen LogP contribution < -0.4 is 0 Å². The number of hydrogen-bond donors (Lipinski definition) is 1. The highest BCUT2D eigenvalue weighted by Crippen LogP contribution is 2.28. The molecule has 2 aromatic rings. The van der Waals surface area contributed by atoms with Gasteiger partial charge in [0.25, 0.3) is 0 Å². The highest BCUT2D eigenvalue weighted by Gasteiger charge is 2.18. The summed E-state index contributed by atoms with van der Waals surface area (Å²) in [5.74, 6) is -0.893. The first-order chi connectivity index (χ1) is 7.59. The highest BCUT2D eigenvalue weighted by molar-refractivity contribution is 6.30. The third kappa shape index (κ3) is 1.79. The Morgan fingerprint density at radius 1 is 1.50 bits per heavy atom. The maximum Gasteiger partial charge on any atom is 0.358 e. The molecular weight excluding hydrogens is 230 g/mol. The van der Waals surface area contributed by atoms with Crippen molar-refractivity contribution in [3.8, 4) is 11.3 Å². The molecule has 0 atom stereocenters. The molecule has 0 aliphatic rings. The van der Waals surface area contributed by atoms with E-state index in [1.807, 2.05) is 6.92 Å². The van der Waals surface area contributed by atoms with Crippen LogP contribution in [-0.2, 0) is 0 Å². The molecule has 0 bridgehead atoms. The van der Waals surface area contributed by atoms with E-state index in [9.17, 15) is 4.79 Å². The van der Waals surface area contributed by atoms with Crippen molar-refractivity contribution in [2.24, 2.45) is 0 Å². The number of carboxylic acids is 1. The maximum atomic E-state index is 10.9. The van der Waals surface area contributed by atoms with Crippen molar-refractivity contribution in [1.29, 1.82) is 0 Å². The number of oxazole rings is 1. The molecule has 0 aliphatic carbocycles. The zero-order valence-electron chi connectivity index (χ0n) is 8.40. The number of nitrogens with zero attached hydrogens (tertiary/aromatic N) is 1. The molecule has 16 heavy (non-hydrogen) atoms. The number of carbonyl (C=O) groups is 1. The van der Waals surface area contributed by atoms with Crippen LogP contribution >= 0.6 is 11.6 Å². The summed E-state index contributed by atoms with van der Waals surface area (Å²) < 4.78 is 5.10. The van der Waals surface area contributed by atoms with Crippen molar-refractivity contribution in [2.45, 2.75) is 6.92 Å². The fourth-order valence-corrected chi connectivity index (χ4v) is 1.60. The van der Waals surface area contributed by atoms with Crippen molar-refractivity contribution in [2.75, 3.05) is 0 Å². The maximum absolute atomic E-state index is 10.9. The summed E-state index contributed by atoms with van der Waals surface area (Å²) >= 11 is 5.86. The summed E-state index contributed by atoms with van der Waals surface area (Å²) in [7, 11) is 0. The van der Waals surface area contributed by atoms with Gasteiger partial charge in [-0.15, -0.1) is 0 Å². The van der Waals surface area contributed by atoms with E-state index < -0.39 is 5.97 Å². The lowest BCUT2D eigenvalue weighted by atomic mass is 10.1. The Morgan fingerprint density at radius 2 is 2.25 bits per heavy atom. The zero-order chi connectivity index (χ0) is 11.7. The second-order valence-electron chi connectivity index (χ2n) is 3.29. The van der Waals surface area contributed by atoms with Crippen molar-refractivity contribution < 1.29 is 14.3 Å². The molecule has 0 amide bonds. The van der Waals surface area contributed by atoms with Crippen LogP contribution in [0.2, 0.25) is 5.02 Å². The first-order valence-electron chi connectivity index (χ1n) is 4.53. The molecule has 0 radical (unpaired) electrons. The van der Waals surface area contributed by atoms with Crippen LogP contribution in [0.4, 0.5) is 0 Å². The van der Waals surface area contributed by atoms with Gasteiger partial charge < -0.3 is 9.52 Å². The van der Waals surface area contributed by atoms with Crippen molar-refractivity contribution >= 4 is 17.6 Å². The van der Waals surface area contributed by atoms with Crippen LogP contribution in [-0.4, -0.2) is 16.1 Å². The van der Waals surface area contributed by atoms with E-state index in [0.717, 1.165) is 12.0 Å². The molecule has 1 heterocycles. The molecule has 1 N–H and O–H groups in total. The fourth-order valence-electron chi connectivity index (χ4n) is 1.43. The van der Waals surface area contributed by atoms with Crippen LogP contribution in [0, 0.1) is 6.92 Å². The van der Waals surface area contributed by atoms with E-state index in [-0.39, 0.29) is 11.5 Å². The second-order valence-corrected chi connectivity index (χ2v) is 3.73. The van der Waals surface area contributed by atoms with Crippen LogP contribution in [0.1, 0.15) is 16.1 Å². The number of halogens is 1. The van der Waals surface area contributed by atoms with E-state index in [1.165, 1.54) is 0 Å². The van der Waals surface area contributed by atoms with Crippen molar-refractivity contribution in [3.05, 3.63) is 40.9 Å². The van der Waals surface area contributed by atoms with Crippen molar-refractivity contribution in [3.63, 3.8) is 0 Å². The molecule has 0 aliphatic heterocycles.